The quantitative estimate of drug-likeness (QED) is 0.822. The van der Waals surface area contributed by atoms with Crippen molar-refractivity contribution in [1.29, 1.82) is 0 Å². The van der Waals surface area contributed by atoms with Gasteiger partial charge in [0, 0.05) is 12.0 Å². The summed E-state index contributed by atoms with van der Waals surface area (Å²) in [5, 5.41) is 3.33. The highest BCUT2D eigenvalue weighted by atomic mass is 16.1. The summed E-state index contributed by atoms with van der Waals surface area (Å²) < 4.78 is 0. The van der Waals surface area contributed by atoms with E-state index in [4.69, 9.17) is 5.73 Å². The molecule has 3 heteroatoms. The molecule has 2 aliphatic carbocycles. The molecule has 2 saturated carbocycles. The molecule has 0 aromatic carbocycles. The Kier molecular flexibility index (Phi) is 5.26. The van der Waals surface area contributed by atoms with Gasteiger partial charge in [0.25, 0.3) is 0 Å². The van der Waals surface area contributed by atoms with Gasteiger partial charge in [-0.05, 0) is 56.4 Å². The van der Waals surface area contributed by atoms with Gasteiger partial charge in [-0.3, -0.25) is 4.79 Å². The average Bonchev–Trinajstić information content (AvgIpc) is 2.79. The molecule has 0 aromatic heterocycles. The molecule has 5 atom stereocenters. The zero-order valence-corrected chi connectivity index (χ0v) is 12.5. The normalized spacial score (nSPS) is 39.2. The summed E-state index contributed by atoms with van der Waals surface area (Å²) in [7, 11) is 0. The number of hydrogen-bond acceptors (Lipinski definition) is 2. The highest BCUT2D eigenvalue weighted by molar-refractivity contribution is 5.79. The SMILES string of the molecule is CCC1CCC(NC(=O)C2CCCC(CN)C2)C1C. The minimum atomic E-state index is 0.218. The van der Waals surface area contributed by atoms with Crippen LogP contribution >= 0.6 is 0 Å². The van der Waals surface area contributed by atoms with Crippen LogP contribution in [0, 0.1) is 23.7 Å². The van der Waals surface area contributed by atoms with Crippen molar-refractivity contribution in [3.63, 3.8) is 0 Å². The second-order valence-corrected chi connectivity index (χ2v) is 6.69. The van der Waals surface area contributed by atoms with Crippen molar-refractivity contribution in [2.24, 2.45) is 29.4 Å². The smallest absolute Gasteiger partial charge is 0.223 e. The molecule has 0 heterocycles. The third-order valence-corrected chi connectivity index (χ3v) is 5.57. The number of carbonyl (C=O) groups excluding carboxylic acids is 1. The summed E-state index contributed by atoms with van der Waals surface area (Å²) in [6, 6.07) is 0.413. The number of amides is 1. The fraction of sp³-hybridized carbons (Fsp3) is 0.938. The topological polar surface area (TPSA) is 55.1 Å². The Morgan fingerprint density at radius 3 is 2.68 bits per heavy atom. The van der Waals surface area contributed by atoms with Crippen LogP contribution in [0.2, 0.25) is 0 Å². The average molecular weight is 266 g/mol. The van der Waals surface area contributed by atoms with E-state index < -0.39 is 0 Å². The van der Waals surface area contributed by atoms with Crippen LogP contribution in [0.15, 0.2) is 0 Å². The molecule has 19 heavy (non-hydrogen) atoms. The maximum Gasteiger partial charge on any atom is 0.223 e. The van der Waals surface area contributed by atoms with Gasteiger partial charge in [0.1, 0.15) is 0 Å². The predicted octanol–water partition coefficient (Wildman–Crippen LogP) is 2.69. The van der Waals surface area contributed by atoms with Crippen LogP contribution in [0.25, 0.3) is 0 Å². The van der Waals surface area contributed by atoms with Gasteiger partial charge in [-0.2, -0.15) is 0 Å². The Bertz CT molecular complexity index is 305. The van der Waals surface area contributed by atoms with E-state index in [1.165, 1.54) is 25.7 Å². The van der Waals surface area contributed by atoms with Crippen molar-refractivity contribution < 1.29 is 4.79 Å². The van der Waals surface area contributed by atoms with Gasteiger partial charge in [0.05, 0.1) is 0 Å². The lowest BCUT2D eigenvalue weighted by molar-refractivity contribution is -0.127. The molecule has 2 rings (SSSR count). The second kappa shape index (κ2) is 6.74. The summed E-state index contributed by atoms with van der Waals surface area (Å²) in [5.41, 5.74) is 5.76. The van der Waals surface area contributed by atoms with Crippen LogP contribution in [-0.2, 0) is 4.79 Å². The molecule has 110 valence electrons. The fourth-order valence-electron chi connectivity index (χ4n) is 4.07. The molecular weight excluding hydrogens is 236 g/mol. The number of rotatable bonds is 4. The second-order valence-electron chi connectivity index (χ2n) is 6.69. The van der Waals surface area contributed by atoms with Crippen LogP contribution in [0.4, 0.5) is 0 Å². The van der Waals surface area contributed by atoms with Crippen LogP contribution in [-0.4, -0.2) is 18.5 Å². The maximum absolute atomic E-state index is 12.4. The summed E-state index contributed by atoms with van der Waals surface area (Å²) in [5.74, 6) is 2.52. The predicted molar refractivity (Wildman–Crippen MR) is 78.6 cm³/mol. The minimum absolute atomic E-state index is 0.218. The lowest BCUT2D eigenvalue weighted by Gasteiger charge is -2.29. The molecule has 0 radical (unpaired) electrons. The van der Waals surface area contributed by atoms with Crippen LogP contribution < -0.4 is 11.1 Å². The van der Waals surface area contributed by atoms with E-state index in [1.54, 1.807) is 0 Å². The molecule has 3 N–H and O–H groups in total. The lowest BCUT2D eigenvalue weighted by atomic mass is 9.81. The van der Waals surface area contributed by atoms with Gasteiger partial charge in [-0.1, -0.05) is 26.7 Å². The summed E-state index contributed by atoms with van der Waals surface area (Å²) in [6.07, 6.45) is 8.11. The molecule has 5 unspecified atom stereocenters. The molecule has 0 bridgehead atoms. The molecule has 1 amide bonds. The summed E-state index contributed by atoms with van der Waals surface area (Å²) in [4.78, 5) is 12.4. The molecule has 3 nitrogen and oxygen atoms in total. The summed E-state index contributed by atoms with van der Waals surface area (Å²) in [6.45, 7) is 5.30. The van der Waals surface area contributed by atoms with Crippen molar-refractivity contribution in [2.75, 3.05) is 6.54 Å². The molecular formula is C16H30N2O. The first kappa shape index (κ1) is 14.8. The molecule has 0 aliphatic heterocycles. The highest BCUT2D eigenvalue weighted by Gasteiger charge is 2.34. The van der Waals surface area contributed by atoms with E-state index in [2.05, 4.69) is 19.2 Å². The van der Waals surface area contributed by atoms with Crippen molar-refractivity contribution in [3.8, 4) is 0 Å². The molecule has 0 spiro atoms. The van der Waals surface area contributed by atoms with E-state index in [9.17, 15) is 4.79 Å². The number of hydrogen-bond donors (Lipinski definition) is 2. The van der Waals surface area contributed by atoms with Crippen LogP contribution in [0.5, 0.6) is 0 Å². The van der Waals surface area contributed by atoms with Gasteiger partial charge >= 0.3 is 0 Å². The van der Waals surface area contributed by atoms with E-state index >= 15 is 0 Å². The van der Waals surface area contributed by atoms with Gasteiger partial charge in [0.2, 0.25) is 5.91 Å². The van der Waals surface area contributed by atoms with E-state index in [0.29, 0.717) is 23.8 Å². The molecule has 0 saturated heterocycles. The monoisotopic (exact) mass is 266 g/mol. The number of nitrogens with one attached hydrogen (secondary N) is 1. The van der Waals surface area contributed by atoms with E-state index in [-0.39, 0.29) is 5.92 Å². The Morgan fingerprint density at radius 1 is 1.26 bits per heavy atom. The zero-order valence-electron chi connectivity index (χ0n) is 12.5. The first-order chi connectivity index (χ1) is 9.15. The van der Waals surface area contributed by atoms with E-state index in [1.807, 2.05) is 0 Å². The number of carbonyl (C=O) groups is 1. The van der Waals surface area contributed by atoms with Gasteiger partial charge in [-0.15, -0.1) is 0 Å². The van der Waals surface area contributed by atoms with Crippen molar-refractivity contribution in [1.82, 2.24) is 5.32 Å². The Hall–Kier alpha value is -0.570. The third-order valence-electron chi connectivity index (χ3n) is 5.57. The van der Waals surface area contributed by atoms with Crippen molar-refractivity contribution in [2.45, 2.75) is 64.8 Å². The van der Waals surface area contributed by atoms with Gasteiger partial charge in [0.15, 0.2) is 0 Å². The highest BCUT2D eigenvalue weighted by Crippen LogP contribution is 2.35. The number of nitrogens with two attached hydrogens (primary N) is 1. The van der Waals surface area contributed by atoms with Crippen molar-refractivity contribution in [3.05, 3.63) is 0 Å². The molecule has 0 aromatic rings. The van der Waals surface area contributed by atoms with Crippen LogP contribution in [0.1, 0.15) is 58.8 Å². The summed E-state index contributed by atoms with van der Waals surface area (Å²) >= 11 is 0. The Balaban J connectivity index is 1.84. The maximum atomic E-state index is 12.4. The largest absolute Gasteiger partial charge is 0.353 e. The minimum Gasteiger partial charge on any atom is -0.353 e. The van der Waals surface area contributed by atoms with Gasteiger partial charge in [-0.25, -0.2) is 0 Å². The fourth-order valence-corrected chi connectivity index (χ4v) is 4.07. The third kappa shape index (κ3) is 3.50. The standard InChI is InChI=1S/C16H30N2O/c1-3-13-7-8-15(11(13)2)18-16(19)14-6-4-5-12(9-14)10-17/h11-15H,3-10,17H2,1-2H3,(H,18,19). The van der Waals surface area contributed by atoms with Crippen LogP contribution in [0.3, 0.4) is 0 Å². The first-order valence-corrected chi connectivity index (χ1v) is 8.16. The van der Waals surface area contributed by atoms with Gasteiger partial charge < -0.3 is 11.1 Å². The molecule has 2 fully saturated rings. The molecule has 2 aliphatic rings. The van der Waals surface area contributed by atoms with Crippen molar-refractivity contribution >= 4 is 5.91 Å². The lowest BCUT2D eigenvalue weighted by Crippen LogP contribution is -2.42. The Labute approximate surface area is 117 Å². The zero-order chi connectivity index (χ0) is 13.8. The van der Waals surface area contributed by atoms with E-state index in [0.717, 1.165) is 31.7 Å². The Morgan fingerprint density at radius 2 is 2.05 bits per heavy atom. The first-order valence-electron chi connectivity index (χ1n) is 8.16.